The summed E-state index contributed by atoms with van der Waals surface area (Å²) in [7, 11) is 2.85. The molecule has 0 atom stereocenters. The van der Waals surface area contributed by atoms with Gasteiger partial charge in [0.2, 0.25) is 5.91 Å². The van der Waals surface area contributed by atoms with E-state index in [1.165, 1.54) is 31.2 Å². The van der Waals surface area contributed by atoms with E-state index in [1.54, 1.807) is 0 Å². The molecule has 1 N–H and O–H groups in total. The minimum absolute atomic E-state index is 0.0630. The molecule has 0 saturated carbocycles. The van der Waals surface area contributed by atoms with Gasteiger partial charge in [-0.15, -0.1) is 0 Å². The third kappa shape index (κ3) is 4.22. The first-order valence-corrected chi connectivity index (χ1v) is 6.35. The number of amides is 2. The Kier molecular flexibility index (Phi) is 5.96. The first-order valence-electron chi connectivity index (χ1n) is 6.35. The van der Waals surface area contributed by atoms with Crippen molar-refractivity contribution in [3.63, 3.8) is 0 Å². The molecule has 0 aliphatic rings. The van der Waals surface area contributed by atoms with Crippen molar-refractivity contribution in [3.8, 4) is 5.75 Å². The van der Waals surface area contributed by atoms with Crippen LogP contribution in [-0.4, -0.2) is 44.0 Å². The van der Waals surface area contributed by atoms with Gasteiger partial charge in [0.1, 0.15) is 0 Å². The lowest BCUT2D eigenvalue weighted by Gasteiger charge is -2.17. The number of ether oxygens (including phenoxy) is 1. The lowest BCUT2D eigenvalue weighted by atomic mass is 10.2. The van der Waals surface area contributed by atoms with Crippen LogP contribution < -0.4 is 10.1 Å². The smallest absolute Gasteiger partial charge is 0.254 e. The van der Waals surface area contributed by atoms with Gasteiger partial charge in [-0.2, -0.15) is 0 Å². The van der Waals surface area contributed by atoms with Gasteiger partial charge in [-0.25, -0.2) is 4.39 Å². The van der Waals surface area contributed by atoms with Crippen molar-refractivity contribution < 1.29 is 18.7 Å². The van der Waals surface area contributed by atoms with Crippen LogP contribution in [-0.2, 0) is 4.79 Å². The van der Waals surface area contributed by atoms with Crippen molar-refractivity contribution in [1.82, 2.24) is 10.2 Å². The van der Waals surface area contributed by atoms with Crippen molar-refractivity contribution in [2.24, 2.45) is 0 Å². The van der Waals surface area contributed by atoms with E-state index >= 15 is 0 Å². The average molecular weight is 282 g/mol. The molecule has 110 valence electrons. The van der Waals surface area contributed by atoms with E-state index in [0.29, 0.717) is 6.54 Å². The molecule has 0 bridgehead atoms. The normalized spacial score (nSPS) is 10.0. The first kappa shape index (κ1) is 15.9. The highest BCUT2D eigenvalue weighted by Crippen LogP contribution is 2.18. The summed E-state index contributed by atoms with van der Waals surface area (Å²) >= 11 is 0. The second-order valence-electron chi connectivity index (χ2n) is 4.36. The molecule has 0 saturated heterocycles. The van der Waals surface area contributed by atoms with Gasteiger partial charge in [-0.3, -0.25) is 9.59 Å². The highest BCUT2D eigenvalue weighted by Gasteiger charge is 2.16. The molecule has 0 aromatic heterocycles. The number of carbonyl (C=O) groups is 2. The average Bonchev–Trinajstić information content (AvgIpc) is 2.44. The van der Waals surface area contributed by atoms with E-state index < -0.39 is 11.7 Å². The van der Waals surface area contributed by atoms with Crippen LogP contribution in [0, 0.1) is 5.82 Å². The van der Waals surface area contributed by atoms with Gasteiger partial charge in [0.15, 0.2) is 11.6 Å². The Morgan fingerprint density at radius 1 is 1.40 bits per heavy atom. The quantitative estimate of drug-likeness (QED) is 0.858. The first-order chi connectivity index (χ1) is 9.49. The minimum Gasteiger partial charge on any atom is -0.494 e. The summed E-state index contributed by atoms with van der Waals surface area (Å²) in [6.07, 6.45) is 0.826. The van der Waals surface area contributed by atoms with Crippen LogP contribution in [0.25, 0.3) is 0 Å². The van der Waals surface area contributed by atoms with Crippen LogP contribution in [0.4, 0.5) is 4.39 Å². The monoisotopic (exact) mass is 282 g/mol. The van der Waals surface area contributed by atoms with Crippen molar-refractivity contribution in [2.75, 3.05) is 27.2 Å². The highest BCUT2D eigenvalue weighted by atomic mass is 19.1. The van der Waals surface area contributed by atoms with Crippen LogP contribution in [0.3, 0.4) is 0 Å². The molecule has 0 aliphatic carbocycles. The third-order valence-electron chi connectivity index (χ3n) is 2.70. The molecule has 1 aromatic carbocycles. The molecule has 1 aromatic rings. The number of rotatable bonds is 6. The van der Waals surface area contributed by atoms with Gasteiger partial charge in [-0.1, -0.05) is 6.92 Å². The van der Waals surface area contributed by atoms with Crippen molar-refractivity contribution in [1.29, 1.82) is 0 Å². The fourth-order valence-electron chi connectivity index (χ4n) is 1.63. The number of methoxy groups -OCH3 is 1. The Morgan fingerprint density at radius 2 is 2.10 bits per heavy atom. The number of halogens is 1. The van der Waals surface area contributed by atoms with E-state index in [1.807, 2.05) is 6.92 Å². The molecule has 1 rings (SSSR count). The summed E-state index contributed by atoms with van der Waals surface area (Å²) in [5.74, 6) is -1.19. The number of hydrogen-bond donors (Lipinski definition) is 1. The molecule has 0 radical (unpaired) electrons. The minimum atomic E-state index is -0.609. The molecular formula is C14H19FN2O3. The summed E-state index contributed by atoms with van der Waals surface area (Å²) in [6.45, 7) is 2.44. The molecule has 0 fully saturated rings. The summed E-state index contributed by atoms with van der Waals surface area (Å²) in [5, 5.41) is 2.67. The predicted octanol–water partition coefficient (Wildman–Crippen LogP) is 1.43. The molecule has 2 amide bonds. The van der Waals surface area contributed by atoms with E-state index in [9.17, 15) is 14.0 Å². The van der Waals surface area contributed by atoms with Gasteiger partial charge >= 0.3 is 0 Å². The number of nitrogens with one attached hydrogen (secondary N) is 1. The van der Waals surface area contributed by atoms with Crippen LogP contribution >= 0.6 is 0 Å². The van der Waals surface area contributed by atoms with E-state index in [2.05, 4.69) is 5.32 Å². The summed E-state index contributed by atoms with van der Waals surface area (Å²) in [5.41, 5.74) is 0.175. The number of nitrogens with zero attached hydrogens (tertiary/aromatic N) is 1. The molecular weight excluding hydrogens is 263 g/mol. The second-order valence-corrected chi connectivity index (χ2v) is 4.36. The fraction of sp³-hybridized carbons (Fsp3) is 0.429. The summed E-state index contributed by atoms with van der Waals surface area (Å²) in [4.78, 5) is 24.8. The van der Waals surface area contributed by atoms with E-state index in [4.69, 9.17) is 4.74 Å². The SMILES string of the molecule is CCCNC(=O)CN(C)C(=O)c1ccc(OC)c(F)c1. The Morgan fingerprint density at radius 3 is 2.65 bits per heavy atom. The number of benzene rings is 1. The molecule has 0 unspecified atom stereocenters. The Labute approximate surface area is 117 Å². The van der Waals surface area contributed by atoms with Crippen LogP contribution in [0.15, 0.2) is 18.2 Å². The lowest BCUT2D eigenvalue weighted by Crippen LogP contribution is -2.38. The summed E-state index contributed by atoms with van der Waals surface area (Å²) in [6, 6.07) is 3.94. The van der Waals surface area contributed by atoms with E-state index in [-0.39, 0.29) is 23.8 Å². The van der Waals surface area contributed by atoms with Crippen molar-refractivity contribution in [3.05, 3.63) is 29.6 Å². The van der Waals surface area contributed by atoms with Gasteiger partial charge in [0, 0.05) is 19.2 Å². The molecule has 5 nitrogen and oxygen atoms in total. The van der Waals surface area contributed by atoms with Crippen molar-refractivity contribution >= 4 is 11.8 Å². The number of hydrogen-bond acceptors (Lipinski definition) is 3. The Bertz CT molecular complexity index is 491. The zero-order valence-electron chi connectivity index (χ0n) is 11.9. The maximum atomic E-state index is 13.5. The van der Waals surface area contributed by atoms with Gasteiger partial charge in [0.25, 0.3) is 5.91 Å². The van der Waals surface area contributed by atoms with Crippen LogP contribution in [0.1, 0.15) is 23.7 Å². The largest absolute Gasteiger partial charge is 0.494 e. The third-order valence-corrected chi connectivity index (χ3v) is 2.70. The molecule has 0 aliphatic heterocycles. The number of likely N-dealkylation sites (N-methyl/N-ethyl adjacent to an activating group) is 1. The zero-order valence-corrected chi connectivity index (χ0v) is 11.9. The maximum Gasteiger partial charge on any atom is 0.254 e. The molecule has 6 heteroatoms. The maximum absolute atomic E-state index is 13.5. The fourth-order valence-corrected chi connectivity index (χ4v) is 1.63. The second kappa shape index (κ2) is 7.47. The molecule has 0 spiro atoms. The lowest BCUT2D eigenvalue weighted by molar-refractivity contribution is -0.121. The van der Waals surface area contributed by atoms with Crippen LogP contribution in [0.2, 0.25) is 0 Å². The number of carbonyl (C=O) groups excluding carboxylic acids is 2. The predicted molar refractivity (Wildman–Crippen MR) is 73.2 cm³/mol. The van der Waals surface area contributed by atoms with Crippen LogP contribution in [0.5, 0.6) is 5.75 Å². The van der Waals surface area contributed by atoms with Gasteiger partial charge in [-0.05, 0) is 24.6 Å². The Hall–Kier alpha value is -2.11. The van der Waals surface area contributed by atoms with E-state index in [0.717, 1.165) is 12.5 Å². The van der Waals surface area contributed by atoms with Gasteiger partial charge < -0.3 is 15.0 Å². The zero-order chi connectivity index (χ0) is 15.1. The molecule has 0 heterocycles. The standard InChI is InChI=1S/C14H19FN2O3/c1-4-7-16-13(18)9-17(2)14(19)10-5-6-12(20-3)11(15)8-10/h5-6,8H,4,7,9H2,1-3H3,(H,16,18). The van der Waals surface area contributed by atoms with Crippen molar-refractivity contribution in [2.45, 2.75) is 13.3 Å². The van der Waals surface area contributed by atoms with Gasteiger partial charge in [0.05, 0.1) is 13.7 Å². The topological polar surface area (TPSA) is 58.6 Å². The highest BCUT2D eigenvalue weighted by molar-refractivity contribution is 5.96. The summed E-state index contributed by atoms with van der Waals surface area (Å²) < 4.78 is 18.3. The Balaban J connectivity index is 2.69. The molecule has 20 heavy (non-hydrogen) atoms.